The summed E-state index contributed by atoms with van der Waals surface area (Å²) in [5.41, 5.74) is 5.04. The Morgan fingerprint density at radius 2 is 1.73 bits per heavy atom. The van der Waals surface area contributed by atoms with Gasteiger partial charge in [-0.25, -0.2) is 0 Å². The third-order valence-corrected chi connectivity index (χ3v) is 2.76. The van der Waals surface area contributed by atoms with Crippen LogP contribution < -0.4 is 5.73 Å². The smallest absolute Gasteiger partial charge is 0.0682 e. The molecule has 0 saturated heterocycles. The van der Waals surface area contributed by atoms with Crippen molar-refractivity contribution in [3.05, 3.63) is 0 Å². The first kappa shape index (κ1) is 10.9. The Morgan fingerprint density at radius 3 is 1.82 bits per heavy atom. The van der Waals surface area contributed by atoms with Crippen LogP contribution in [0.3, 0.4) is 0 Å². The van der Waals surface area contributed by atoms with E-state index in [1.165, 1.54) is 0 Å². The maximum Gasteiger partial charge on any atom is 0.0682 e. The van der Waals surface area contributed by atoms with E-state index in [1.54, 1.807) is 0 Å². The summed E-state index contributed by atoms with van der Waals surface area (Å²) in [6.45, 7) is 6.70. The molecule has 11 heavy (non-hydrogen) atoms. The predicted molar refractivity (Wildman–Crippen MR) is 48.4 cm³/mol. The minimum Gasteiger partial charge on any atom is -0.390 e. The second kappa shape index (κ2) is 4.73. The third kappa shape index (κ3) is 2.46. The van der Waals surface area contributed by atoms with Crippen LogP contribution in [-0.4, -0.2) is 17.3 Å². The highest BCUT2D eigenvalue weighted by molar-refractivity contribution is 4.83. The Morgan fingerprint density at radius 1 is 1.27 bits per heavy atom. The SMILES string of the molecule is CCC(CN)C(O)(CC)CC. The van der Waals surface area contributed by atoms with Crippen molar-refractivity contribution >= 4 is 0 Å². The van der Waals surface area contributed by atoms with Crippen LogP contribution in [0.4, 0.5) is 0 Å². The average molecular weight is 159 g/mol. The number of hydrogen-bond acceptors (Lipinski definition) is 2. The van der Waals surface area contributed by atoms with Gasteiger partial charge >= 0.3 is 0 Å². The van der Waals surface area contributed by atoms with Crippen LogP contribution in [0.2, 0.25) is 0 Å². The van der Waals surface area contributed by atoms with Gasteiger partial charge in [-0.3, -0.25) is 0 Å². The number of nitrogens with two attached hydrogens (primary N) is 1. The van der Waals surface area contributed by atoms with Crippen molar-refractivity contribution in [1.82, 2.24) is 0 Å². The van der Waals surface area contributed by atoms with Gasteiger partial charge in [-0.15, -0.1) is 0 Å². The second-order valence-corrected chi connectivity index (χ2v) is 3.15. The first-order valence-electron chi connectivity index (χ1n) is 4.57. The molecule has 2 heteroatoms. The molecule has 0 aromatic heterocycles. The molecule has 3 N–H and O–H groups in total. The van der Waals surface area contributed by atoms with E-state index in [0.717, 1.165) is 19.3 Å². The molecule has 0 spiro atoms. The molecule has 0 rings (SSSR count). The molecule has 0 bridgehead atoms. The molecule has 1 atom stereocenters. The lowest BCUT2D eigenvalue weighted by atomic mass is 9.81. The van der Waals surface area contributed by atoms with Crippen molar-refractivity contribution in [2.75, 3.05) is 6.54 Å². The minimum atomic E-state index is -0.524. The fourth-order valence-electron chi connectivity index (χ4n) is 1.59. The lowest BCUT2D eigenvalue weighted by Crippen LogP contribution is -2.40. The molecule has 0 radical (unpaired) electrons. The molecular formula is C9H21NO. The third-order valence-electron chi connectivity index (χ3n) is 2.76. The van der Waals surface area contributed by atoms with Gasteiger partial charge in [0, 0.05) is 0 Å². The zero-order valence-corrected chi connectivity index (χ0v) is 7.93. The van der Waals surface area contributed by atoms with Crippen LogP contribution in [-0.2, 0) is 0 Å². The highest BCUT2D eigenvalue weighted by atomic mass is 16.3. The zero-order chi connectivity index (χ0) is 8.91. The summed E-state index contributed by atoms with van der Waals surface area (Å²) >= 11 is 0. The molecular weight excluding hydrogens is 138 g/mol. The Bertz CT molecular complexity index is 95.7. The molecule has 0 fully saturated rings. The Hall–Kier alpha value is -0.0800. The monoisotopic (exact) mass is 159 g/mol. The van der Waals surface area contributed by atoms with Crippen molar-refractivity contribution in [3.63, 3.8) is 0 Å². The molecule has 0 amide bonds. The molecule has 0 aromatic rings. The molecule has 0 aliphatic rings. The molecule has 0 aliphatic heterocycles. The van der Waals surface area contributed by atoms with Crippen molar-refractivity contribution in [2.45, 2.75) is 45.6 Å². The Balaban J connectivity index is 4.19. The van der Waals surface area contributed by atoms with Gasteiger partial charge in [-0.1, -0.05) is 20.8 Å². The first-order chi connectivity index (χ1) is 5.14. The molecule has 0 heterocycles. The largest absolute Gasteiger partial charge is 0.390 e. The highest BCUT2D eigenvalue weighted by Gasteiger charge is 2.30. The Labute approximate surface area is 69.8 Å². The van der Waals surface area contributed by atoms with Gasteiger partial charge in [0.15, 0.2) is 0 Å². The molecule has 2 nitrogen and oxygen atoms in total. The summed E-state index contributed by atoms with van der Waals surface area (Å²) in [5, 5.41) is 10.0. The van der Waals surface area contributed by atoms with Crippen molar-refractivity contribution in [2.24, 2.45) is 11.7 Å². The topological polar surface area (TPSA) is 46.2 Å². The van der Waals surface area contributed by atoms with Gasteiger partial charge in [0.25, 0.3) is 0 Å². The fraction of sp³-hybridized carbons (Fsp3) is 1.00. The van der Waals surface area contributed by atoms with E-state index < -0.39 is 5.60 Å². The maximum absolute atomic E-state index is 10.0. The van der Waals surface area contributed by atoms with E-state index in [-0.39, 0.29) is 5.92 Å². The molecule has 0 aromatic carbocycles. The van der Waals surface area contributed by atoms with E-state index in [9.17, 15) is 5.11 Å². The lowest BCUT2D eigenvalue weighted by Gasteiger charge is -2.33. The van der Waals surface area contributed by atoms with Crippen LogP contribution in [0, 0.1) is 5.92 Å². The highest BCUT2D eigenvalue weighted by Crippen LogP contribution is 2.26. The van der Waals surface area contributed by atoms with Crippen molar-refractivity contribution in [1.29, 1.82) is 0 Å². The van der Waals surface area contributed by atoms with Crippen molar-refractivity contribution in [3.8, 4) is 0 Å². The summed E-state index contributed by atoms with van der Waals surface area (Å²) in [6.07, 6.45) is 2.58. The number of aliphatic hydroxyl groups is 1. The molecule has 0 aliphatic carbocycles. The van der Waals surface area contributed by atoms with E-state index in [4.69, 9.17) is 5.73 Å². The second-order valence-electron chi connectivity index (χ2n) is 3.15. The summed E-state index contributed by atoms with van der Waals surface area (Å²) in [6, 6.07) is 0. The van der Waals surface area contributed by atoms with E-state index in [2.05, 4.69) is 6.92 Å². The number of hydrogen-bond donors (Lipinski definition) is 2. The van der Waals surface area contributed by atoms with E-state index >= 15 is 0 Å². The first-order valence-corrected chi connectivity index (χ1v) is 4.57. The number of rotatable bonds is 5. The fourth-order valence-corrected chi connectivity index (χ4v) is 1.59. The molecule has 68 valence electrons. The van der Waals surface area contributed by atoms with Crippen LogP contribution in [0.5, 0.6) is 0 Å². The maximum atomic E-state index is 10.0. The zero-order valence-electron chi connectivity index (χ0n) is 7.93. The summed E-state index contributed by atoms with van der Waals surface area (Å²) in [7, 11) is 0. The standard InChI is InChI=1S/C9H21NO/c1-4-8(7-10)9(11,5-2)6-3/h8,11H,4-7,10H2,1-3H3. The minimum absolute atomic E-state index is 0.262. The van der Waals surface area contributed by atoms with Gasteiger partial charge in [0.1, 0.15) is 0 Å². The summed E-state index contributed by atoms with van der Waals surface area (Å²) < 4.78 is 0. The van der Waals surface area contributed by atoms with Crippen molar-refractivity contribution < 1.29 is 5.11 Å². The van der Waals surface area contributed by atoms with E-state index in [1.807, 2.05) is 13.8 Å². The van der Waals surface area contributed by atoms with Crippen LogP contribution in [0.25, 0.3) is 0 Å². The van der Waals surface area contributed by atoms with Gasteiger partial charge in [0.2, 0.25) is 0 Å². The van der Waals surface area contributed by atoms with Gasteiger partial charge in [-0.2, -0.15) is 0 Å². The lowest BCUT2D eigenvalue weighted by molar-refractivity contribution is -0.0238. The summed E-state index contributed by atoms with van der Waals surface area (Å²) in [5.74, 6) is 0.262. The van der Waals surface area contributed by atoms with Gasteiger partial charge < -0.3 is 10.8 Å². The van der Waals surface area contributed by atoms with E-state index in [0.29, 0.717) is 6.54 Å². The predicted octanol–water partition coefficient (Wildman–Crippen LogP) is 1.52. The van der Waals surface area contributed by atoms with Crippen LogP contribution in [0.15, 0.2) is 0 Å². The quantitative estimate of drug-likeness (QED) is 0.639. The molecule has 0 saturated carbocycles. The van der Waals surface area contributed by atoms with Gasteiger partial charge in [-0.05, 0) is 31.7 Å². The van der Waals surface area contributed by atoms with Crippen LogP contribution in [0.1, 0.15) is 40.0 Å². The summed E-state index contributed by atoms with van der Waals surface area (Å²) in [4.78, 5) is 0. The van der Waals surface area contributed by atoms with Crippen LogP contribution >= 0.6 is 0 Å². The normalized spacial score (nSPS) is 15.0. The average Bonchev–Trinajstić information content (AvgIpc) is 2.06. The Kier molecular flexibility index (Phi) is 4.69. The molecule has 1 unspecified atom stereocenters. The van der Waals surface area contributed by atoms with Gasteiger partial charge in [0.05, 0.1) is 5.60 Å².